The van der Waals surface area contributed by atoms with E-state index >= 15 is 0 Å². The Kier molecular flexibility index (Phi) is 32.9. The molecule has 1 unspecified atom stereocenters. The van der Waals surface area contributed by atoms with Crippen LogP contribution in [-0.4, -0.2) is 446 Å². The molecule has 8 saturated heterocycles. The van der Waals surface area contributed by atoms with E-state index in [-0.39, 0.29) is 0 Å². The fourth-order valence-electron chi connectivity index (χ4n) is 13.4. The van der Waals surface area contributed by atoms with Gasteiger partial charge in [0, 0.05) is 27.7 Å². The second kappa shape index (κ2) is 39.4. The Labute approximate surface area is 633 Å². The van der Waals surface area contributed by atoms with Crippen molar-refractivity contribution in [3.8, 4) is 0 Å². The SMILES string of the molecule is CC(=O)N[C@H]1[C@H](OC[C@H]2OC(O)[C@H](NC(C)=O)[C@@H](O[C@@H]3O[C@H](CO)[C@H](O)[C@H](O)[C@H]3O)[C@H]2O)O[C@H](COS(=O)(=O)O)[C@@H](O[C@@H]2O[C@H](CO)[C@H](O)[C@H](O[C@@H]3O[C@H](COS(=O)(=O)O)[C@@H](O[C@@H]4O[C@H](CO)[C@H](O)[C@H](O[C@@H]5O[C@H](COS(=O)(=O)O)[C@@H](O)[C@H](O)[C@H]5NC(C)=O)[C@H]4O)[C@H](O[C@@H]4O[C@@H](C)[C@@H](O)[C@@H](O)[C@@H]4O)[C@H]3NC(C)=O)[C@H]2O)[C@@H]1O. The zero-order valence-corrected chi connectivity index (χ0v) is 61.5. The maximum absolute atomic E-state index is 13.5. The van der Waals surface area contributed by atoms with Gasteiger partial charge in [0.2, 0.25) is 23.6 Å². The zero-order valence-electron chi connectivity index (χ0n) is 59.1. The van der Waals surface area contributed by atoms with E-state index in [1.165, 1.54) is 0 Å². The average molecular weight is 1700 g/mol. The number of ether oxygens (including phenoxy) is 15. The highest BCUT2D eigenvalue weighted by Crippen LogP contribution is 2.40. The van der Waals surface area contributed by atoms with Crippen molar-refractivity contribution in [3.63, 3.8) is 0 Å². The first-order chi connectivity index (χ1) is 52.2. The lowest BCUT2D eigenvalue weighted by Crippen LogP contribution is -2.72. The minimum atomic E-state index is -5.69. The maximum Gasteiger partial charge on any atom is 0.397 e. The highest BCUT2D eigenvalue weighted by atomic mass is 32.3. The summed E-state index contributed by atoms with van der Waals surface area (Å²) in [6.45, 7) is -4.23. The van der Waals surface area contributed by atoms with Gasteiger partial charge < -0.3 is 184 Å². The van der Waals surface area contributed by atoms with Crippen molar-refractivity contribution in [2.75, 3.05) is 46.2 Å². The molecule has 0 saturated carbocycles. The molecule has 650 valence electrons. The van der Waals surface area contributed by atoms with Gasteiger partial charge in [-0.3, -0.25) is 32.8 Å². The molecule has 112 heavy (non-hydrogen) atoms. The summed E-state index contributed by atoms with van der Waals surface area (Å²) in [5.41, 5.74) is 0. The number of aliphatic hydroxyl groups excluding tert-OH is 18. The zero-order chi connectivity index (χ0) is 83.4. The molecule has 4 amide bonds. The summed E-state index contributed by atoms with van der Waals surface area (Å²) in [6.07, 6.45) is -79.5. The van der Waals surface area contributed by atoms with Gasteiger partial charge >= 0.3 is 31.2 Å². The number of carbonyl (C=O) groups is 4. The third kappa shape index (κ3) is 23.2. The normalized spacial score (nSPS) is 45.2. The Morgan fingerprint density at radius 1 is 0.295 bits per heavy atom. The van der Waals surface area contributed by atoms with Crippen LogP contribution >= 0.6 is 0 Å². The lowest BCUT2D eigenvalue weighted by atomic mass is 9.93. The lowest BCUT2D eigenvalue weighted by Gasteiger charge is -2.52. The van der Waals surface area contributed by atoms with Gasteiger partial charge in [-0.1, -0.05) is 0 Å². The summed E-state index contributed by atoms with van der Waals surface area (Å²) in [6, 6.07) is -7.98. The summed E-state index contributed by atoms with van der Waals surface area (Å²) in [7, 11) is -16.5. The predicted molar refractivity (Wildman–Crippen MR) is 341 cm³/mol. The number of rotatable bonds is 31. The molecule has 0 aliphatic carbocycles. The molecule has 0 aromatic heterocycles. The van der Waals surface area contributed by atoms with Crippen LogP contribution in [0.3, 0.4) is 0 Å². The van der Waals surface area contributed by atoms with Crippen molar-refractivity contribution < 1.29 is 234 Å². The molecule has 0 aromatic carbocycles. The molecule has 53 nitrogen and oxygen atoms in total. The average Bonchev–Trinajstić information content (AvgIpc) is 0.762. The first-order valence-corrected chi connectivity index (χ1v) is 38.0. The van der Waals surface area contributed by atoms with Gasteiger partial charge in [0.05, 0.1) is 52.4 Å². The maximum atomic E-state index is 13.5. The molecule has 0 spiro atoms. The van der Waals surface area contributed by atoms with Gasteiger partial charge in [-0.05, 0) is 6.92 Å². The van der Waals surface area contributed by atoms with Crippen LogP contribution < -0.4 is 21.3 Å². The van der Waals surface area contributed by atoms with Crippen LogP contribution in [0.1, 0.15) is 34.6 Å². The fraction of sp³-hybridized carbons (Fsp3) is 0.929. The topological polar surface area (TPSA) is 810 Å². The number of hydrogen-bond donors (Lipinski definition) is 25. The highest BCUT2D eigenvalue weighted by Gasteiger charge is 2.61. The number of nitrogens with one attached hydrogen (secondary N) is 4. The van der Waals surface area contributed by atoms with Gasteiger partial charge in [-0.15, -0.1) is 0 Å². The van der Waals surface area contributed by atoms with Crippen molar-refractivity contribution in [2.24, 2.45) is 0 Å². The van der Waals surface area contributed by atoms with E-state index in [0.29, 0.717) is 0 Å². The lowest BCUT2D eigenvalue weighted by molar-refractivity contribution is -0.394. The fourth-order valence-corrected chi connectivity index (χ4v) is 14.3. The van der Waals surface area contributed by atoms with Crippen LogP contribution in [0.25, 0.3) is 0 Å². The van der Waals surface area contributed by atoms with E-state index < -0.39 is 346 Å². The third-order valence-corrected chi connectivity index (χ3v) is 20.1. The van der Waals surface area contributed by atoms with Crippen LogP contribution in [0.2, 0.25) is 0 Å². The second-order valence-corrected chi connectivity index (χ2v) is 30.2. The van der Waals surface area contributed by atoms with E-state index in [2.05, 4.69) is 33.8 Å². The largest absolute Gasteiger partial charge is 0.397 e. The minimum absolute atomic E-state index is 0.808. The van der Waals surface area contributed by atoms with Gasteiger partial charge in [-0.25, -0.2) is 12.5 Å². The number of hydrogen-bond acceptors (Lipinski definition) is 46. The predicted octanol–water partition coefficient (Wildman–Crippen LogP) is -17.4. The van der Waals surface area contributed by atoms with Gasteiger partial charge in [0.25, 0.3) is 0 Å². The van der Waals surface area contributed by atoms with Crippen LogP contribution in [0.4, 0.5) is 0 Å². The Morgan fingerprint density at radius 2 is 0.616 bits per heavy atom. The second-order valence-electron chi connectivity index (χ2n) is 26.9. The standard InChI is InChI=1S/C56H94N4O49S3/c1-13-29(68)37(76)39(78)53(96-13)107-46-28(60-17(5)67)52(103-24(12-95-112(89,90)91)44(46)105-56-42(81)47(32(71)20(8-63)100-56)108-51-25(57-14(2)64)35(74)31(70)22(101-51)10-93-110(83,84)85)109-48-33(72)19(7-62)99-55(41(48)80)104-43-23(11-94-111(86,87)88)102-50(26(36(43)75)58-15(3)65)92-9-21-34(73)45(27(49(82)97-21)59-16(4)66)106-54-40(79)38(77)30(69)18(6-61)98-54/h13,18-56,61-63,68-82H,6-12H2,1-5H3,(H,57,64)(H,58,65)(H,59,66)(H,60,67)(H,83,84,85)(H,86,87,88)(H,89,90,91)/t13-,18+,19+,20+,21+,22+,23+,24+,25+,26+,27+,28+,29+,30-,31+,32-,33-,34-,35+,36+,37+,38-,39-,40+,41+,42+,43+,44+,45+,46+,47-,48-,49?,50+,51-,52-,53-,54-,55-,56-/m0/s1. The van der Waals surface area contributed by atoms with E-state index in [1.54, 1.807) is 0 Å². The number of aliphatic hydroxyl groups is 18. The molecule has 8 heterocycles. The van der Waals surface area contributed by atoms with Crippen LogP contribution in [0.15, 0.2) is 0 Å². The first-order valence-electron chi connectivity index (χ1n) is 33.9. The van der Waals surface area contributed by atoms with E-state index in [0.717, 1.165) is 34.6 Å². The molecule has 0 bridgehead atoms. The molecule has 25 N–H and O–H groups in total. The molecule has 40 atom stereocenters. The smallest absolute Gasteiger partial charge is 0.394 e. The molecular formula is C56H94N4O49S3. The molecule has 56 heteroatoms. The van der Waals surface area contributed by atoms with Crippen molar-refractivity contribution in [3.05, 3.63) is 0 Å². The number of carbonyl (C=O) groups excluding carboxylic acids is 4. The van der Waals surface area contributed by atoms with E-state index in [4.69, 9.17) is 71.1 Å². The van der Waals surface area contributed by atoms with Crippen molar-refractivity contribution in [2.45, 2.75) is 280 Å². The van der Waals surface area contributed by atoms with Gasteiger partial charge in [-0.2, -0.15) is 25.3 Å². The summed E-state index contributed by atoms with van der Waals surface area (Å²) < 4.78 is 203. The Balaban J connectivity index is 1.12. The van der Waals surface area contributed by atoms with Crippen LogP contribution in [0.5, 0.6) is 0 Å². The summed E-state index contributed by atoms with van der Waals surface area (Å²) >= 11 is 0. The molecule has 8 aliphatic heterocycles. The molecule has 8 aliphatic rings. The quantitative estimate of drug-likeness (QED) is 0.0287. The van der Waals surface area contributed by atoms with Crippen molar-refractivity contribution in [1.29, 1.82) is 0 Å². The monoisotopic (exact) mass is 1700 g/mol. The Hall–Kier alpha value is -3.83. The molecule has 8 rings (SSSR count). The summed E-state index contributed by atoms with van der Waals surface area (Å²) in [5, 5.41) is 210. The first kappa shape index (κ1) is 93.7. The van der Waals surface area contributed by atoms with Crippen molar-refractivity contribution in [1.82, 2.24) is 21.3 Å². The van der Waals surface area contributed by atoms with Gasteiger partial charge in [0.1, 0.15) is 189 Å². The summed E-state index contributed by atoms with van der Waals surface area (Å²) in [4.78, 5) is 51.3. The minimum Gasteiger partial charge on any atom is -0.394 e. The van der Waals surface area contributed by atoms with Crippen LogP contribution in [0, 0.1) is 0 Å². The van der Waals surface area contributed by atoms with E-state index in [1.807, 2.05) is 0 Å². The molecule has 8 fully saturated rings. The molecule has 0 aromatic rings. The Morgan fingerprint density at radius 3 is 1.09 bits per heavy atom. The molecular weight excluding hydrogens is 1610 g/mol. The van der Waals surface area contributed by atoms with Gasteiger partial charge in [0.15, 0.2) is 50.3 Å². The molecule has 0 radical (unpaired) electrons. The number of amides is 4. The highest BCUT2D eigenvalue weighted by molar-refractivity contribution is 7.81. The van der Waals surface area contributed by atoms with E-state index in [9.17, 15) is 150 Å². The Bertz CT molecular complexity index is 3440. The summed E-state index contributed by atoms with van der Waals surface area (Å²) in [5.74, 6) is -4.01. The van der Waals surface area contributed by atoms with Crippen LogP contribution in [-0.2, 0) is 134 Å². The van der Waals surface area contributed by atoms with Crippen molar-refractivity contribution >= 4 is 54.8 Å². The third-order valence-electron chi connectivity index (χ3n) is 18.8.